The number of hydrazine groups is 2. The summed E-state index contributed by atoms with van der Waals surface area (Å²) in [5.41, 5.74) is 10.1. The molecular weight excluding hydrogens is 400 g/mol. The molecule has 0 bridgehead atoms. The van der Waals surface area contributed by atoms with Crippen molar-refractivity contribution in [2.75, 3.05) is 12.0 Å². The van der Waals surface area contributed by atoms with Gasteiger partial charge in [-0.1, -0.05) is 4.98 Å². The normalized spacial score (nSPS) is 13.9. The van der Waals surface area contributed by atoms with E-state index in [2.05, 4.69) is 25.9 Å². The molecule has 2 aromatic heterocycles. The Labute approximate surface area is 156 Å². The van der Waals surface area contributed by atoms with Crippen LogP contribution in [-0.2, 0) is 22.2 Å². The monoisotopic (exact) mass is 414 g/mol. The lowest BCUT2D eigenvalue weighted by atomic mass is 10.2. The Hall–Kier alpha value is -3.57. The first-order valence-corrected chi connectivity index (χ1v) is 9.21. The highest BCUT2D eigenvalue weighted by Gasteiger charge is 2.30. The van der Waals surface area contributed by atoms with Crippen LogP contribution in [0.1, 0.15) is 21.9 Å². The van der Waals surface area contributed by atoms with Crippen molar-refractivity contribution in [3.8, 4) is 0 Å². The summed E-state index contributed by atoms with van der Waals surface area (Å²) in [6.45, 7) is -0.0605. The molecule has 150 valence electrons. The fourth-order valence-electron chi connectivity index (χ4n) is 2.50. The average molecular weight is 414 g/mol. The first-order chi connectivity index (χ1) is 13.1. The number of primary amides is 1. The van der Waals surface area contributed by atoms with Crippen LogP contribution >= 0.6 is 0 Å². The summed E-state index contributed by atoms with van der Waals surface area (Å²) in [4.78, 5) is 43.5. The number of aromatic nitrogens is 4. The number of anilines is 1. The van der Waals surface area contributed by atoms with Gasteiger partial charge in [0.15, 0.2) is 17.2 Å². The predicted octanol–water partition coefficient (Wildman–Crippen LogP) is -2.24. The van der Waals surface area contributed by atoms with Gasteiger partial charge >= 0.3 is 12.0 Å². The third-order valence-corrected chi connectivity index (χ3v) is 4.38. The molecule has 3 rings (SSSR count). The number of aromatic amines is 1. The van der Waals surface area contributed by atoms with Crippen LogP contribution in [0.15, 0.2) is 6.33 Å². The zero-order valence-corrected chi connectivity index (χ0v) is 14.8. The number of nitrogens with two attached hydrogens (primary N) is 2. The minimum Gasteiger partial charge on any atom is -0.390 e. The number of carbonyl (C=O) groups is 2. The van der Waals surface area contributed by atoms with Crippen LogP contribution in [0.2, 0.25) is 0 Å². The molecule has 0 saturated carbocycles. The molecule has 1 aliphatic heterocycles. The summed E-state index contributed by atoms with van der Waals surface area (Å²) in [5, 5.41) is 16.9. The molecule has 0 fully saturated rings. The van der Waals surface area contributed by atoms with Gasteiger partial charge in [-0.15, -0.1) is 5.53 Å². The van der Waals surface area contributed by atoms with Crippen LogP contribution in [0.5, 0.6) is 0 Å². The van der Waals surface area contributed by atoms with Crippen LogP contribution in [0, 0.1) is 10.1 Å². The number of imidazole rings is 2. The number of amides is 2. The SMILES string of the molecule is NC(=O)c1ncn2c1NNN(CCc1nc([N+](=O)[O-])[nH]c1CS(N)(=O)=O)C2=O. The van der Waals surface area contributed by atoms with Crippen molar-refractivity contribution in [2.45, 2.75) is 12.2 Å². The summed E-state index contributed by atoms with van der Waals surface area (Å²) in [6.07, 6.45) is 1.06. The van der Waals surface area contributed by atoms with E-state index in [1.165, 1.54) is 0 Å². The van der Waals surface area contributed by atoms with E-state index < -0.39 is 38.6 Å². The van der Waals surface area contributed by atoms with Crippen molar-refractivity contribution in [3.63, 3.8) is 0 Å². The van der Waals surface area contributed by atoms with Crippen molar-refractivity contribution >= 4 is 33.7 Å². The van der Waals surface area contributed by atoms with Crippen molar-refractivity contribution in [1.82, 2.24) is 30.1 Å². The van der Waals surface area contributed by atoms with Crippen LogP contribution in [0.4, 0.5) is 16.6 Å². The fraction of sp³-hybridized carbons (Fsp3) is 0.273. The van der Waals surface area contributed by atoms with Gasteiger partial charge in [0.2, 0.25) is 10.0 Å². The Kier molecular flexibility index (Phi) is 4.71. The highest BCUT2D eigenvalue weighted by molar-refractivity contribution is 7.88. The Morgan fingerprint density at radius 1 is 1.39 bits per heavy atom. The molecule has 16 nitrogen and oxygen atoms in total. The Morgan fingerprint density at radius 2 is 2.11 bits per heavy atom. The van der Waals surface area contributed by atoms with Gasteiger partial charge in [-0.3, -0.25) is 10.2 Å². The smallest absolute Gasteiger partial charge is 0.390 e. The zero-order valence-electron chi connectivity index (χ0n) is 13.9. The van der Waals surface area contributed by atoms with E-state index in [0.29, 0.717) is 0 Å². The molecule has 0 aliphatic carbocycles. The lowest BCUT2D eigenvalue weighted by molar-refractivity contribution is -0.393. The number of primary sulfonamides is 1. The summed E-state index contributed by atoms with van der Waals surface area (Å²) in [6, 6.07) is -0.619. The quantitative estimate of drug-likeness (QED) is 0.241. The fourth-order valence-corrected chi connectivity index (χ4v) is 3.15. The standard InChI is InChI=1S/C11H14N10O6S/c12-8(22)7-9-17-18-20(11(23)19(9)4-14-7)2-1-5-6(3-28(13,26)27)16-10(15-5)21(24)25/h4,17-18H,1-3H2,(H2,12,22)(H,15,16)(H2,13,26,27). The number of rotatable bonds is 7. The molecule has 2 aromatic rings. The second-order valence-electron chi connectivity index (χ2n) is 5.65. The summed E-state index contributed by atoms with van der Waals surface area (Å²) in [7, 11) is -3.97. The van der Waals surface area contributed by atoms with Gasteiger partial charge < -0.3 is 15.8 Å². The van der Waals surface area contributed by atoms with E-state index in [1.54, 1.807) is 0 Å². The Balaban J connectivity index is 1.78. The van der Waals surface area contributed by atoms with Gasteiger partial charge in [-0.25, -0.2) is 37.9 Å². The van der Waals surface area contributed by atoms with E-state index in [0.717, 1.165) is 15.9 Å². The minimum atomic E-state index is -3.97. The second kappa shape index (κ2) is 6.87. The lowest BCUT2D eigenvalue weighted by Gasteiger charge is -2.29. The molecule has 0 radical (unpaired) electrons. The molecular formula is C11H14N10O6S. The van der Waals surface area contributed by atoms with E-state index in [1.807, 2.05) is 0 Å². The molecule has 28 heavy (non-hydrogen) atoms. The minimum absolute atomic E-state index is 0.0394. The van der Waals surface area contributed by atoms with Crippen LogP contribution in [0.3, 0.4) is 0 Å². The van der Waals surface area contributed by atoms with Gasteiger partial charge in [-0.2, -0.15) is 0 Å². The molecule has 0 saturated heterocycles. The van der Waals surface area contributed by atoms with E-state index in [4.69, 9.17) is 10.9 Å². The molecule has 0 spiro atoms. The third-order valence-electron chi connectivity index (χ3n) is 3.69. The van der Waals surface area contributed by atoms with Gasteiger partial charge in [0, 0.05) is 13.0 Å². The third kappa shape index (κ3) is 3.75. The number of sulfonamides is 1. The number of hydrogen-bond donors (Lipinski definition) is 5. The molecule has 0 unspecified atom stereocenters. The van der Waals surface area contributed by atoms with E-state index in [-0.39, 0.29) is 35.9 Å². The molecule has 1 aliphatic rings. The van der Waals surface area contributed by atoms with E-state index in [9.17, 15) is 28.1 Å². The van der Waals surface area contributed by atoms with Crippen molar-refractivity contribution in [2.24, 2.45) is 10.9 Å². The first kappa shape index (κ1) is 19.2. The predicted molar refractivity (Wildman–Crippen MR) is 90.8 cm³/mol. The molecule has 7 N–H and O–H groups in total. The van der Waals surface area contributed by atoms with Gasteiger partial charge in [0.25, 0.3) is 5.91 Å². The summed E-state index contributed by atoms with van der Waals surface area (Å²) < 4.78 is 23.7. The lowest BCUT2D eigenvalue weighted by Crippen LogP contribution is -2.53. The first-order valence-electron chi connectivity index (χ1n) is 7.50. The molecule has 2 amide bonds. The number of nitrogens with zero attached hydrogens (tertiary/aromatic N) is 5. The number of carbonyl (C=O) groups excluding carboxylic acids is 2. The summed E-state index contributed by atoms with van der Waals surface area (Å²) >= 11 is 0. The van der Waals surface area contributed by atoms with Gasteiger partial charge in [0.1, 0.15) is 17.8 Å². The van der Waals surface area contributed by atoms with Crippen LogP contribution in [-0.4, -0.2) is 56.4 Å². The average Bonchev–Trinajstić information content (AvgIpc) is 3.17. The van der Waals surface area contributed by atoms with E-state index >= 15 is 0 Å². The van der Waals surface area contributed by atoms with Crippen LogP contribution in [0.25, 0.3) is 0 Å². The highest BCUT2D eigenvalue weighted by Crippen LogP contribution is 2.19. The van der Waals surface area contributed by atoms with Crippen LogP contribution < -0.4 is 21.8 Å². The number of nitro groups is 1. The maximum atomic E-state index is 12.4. The number of H-pyrrole nitrogens is 1. The van der Waals surface area contributed by atoms with Crippen molar-refractivity contribution < 1.29 is 22.9 Å². The number of fused-ring (bicyclic) bond motifs is 1. The zero-order chi connectivity index (χ0) is 20.6. The largest absolute Gasteiger partial charge is 0.432 e. The molecule has 17 heteroatoms. The topological polar surface area (TPSA) is 237 Å². The Bertz CT molecular complexity index is 1070. The second-order valence-corrected chi connectivity index (χ2v) is 7.26. The van der Waals surface area contributed by atoms with Crippen molar-refractivity contribution in [3.05, 3.63) is 33.5 Å². The number of hydrogen-bond acceptors (Lipinski definition) is 10. The molecule has 0 atom stereocenters. The Morgan fingerprint density at radius 3 is 2.71 bits per heavy atom. The van der Waals surface area contributed by atoms with Gasteiger partial charge in [0.05, 0.1) is 0 Å². The maximum Gasteiger partial charge on any atom is 0.432 e. The molecule has 3 heterocycles. The highest BCUT2D eigenvalue weighted by atomic mass is 32.2. The maximum absolute atomic E-state index is 12.4. The molecule has 0 aromatic carbocycles. The van der Waals surface area contributed by atoms with Gasteiger partial charge in [-0.05, 0) is 4.92 Å². The number of nitrogens with one attached hydrogen (secondary N) is 3. The van der Waals surface area contributed by atoms with Crippen molar-refractivity contribution in [1.29, 1.82) is 0 Å². The summed E-state index contributed by atoms with van der Waals surface area (Å²) in [5.74, 6) is -2.11.